The van der Waals surface area contributed by atoms with Gasteiger partial charge in [-0.05, 0) is 67.4 Å². The second kappa shape index (κ2) is 11.4. The Morgan fingerprint density at radius 3 is 2.58 bits per heavy atom. The molecule has 36 heavy (non-hydrogen) atoms. The maximum Gasteiger partial charge on any atom is 0.255 e. The first-order valence-electron chi connectivity index (χ1n) is 11.7. The fraction of sp³-hybridized carbons (Fsp3) is 0.250. The summed E-state index contributed by atoms with van der Waals surface area (Å²) >= 11 is 0. The fourth-order valence-electron chi connectivity index (χ4n) is 4.03. The van der Waals surface area contributed by atoms with Gasteiger partial charge in [-0.15, -0.1) is 0 Å². The van der Waals surface area contributed by atoms with Crippen molar-refractivity contribution in [2.24, 2.45) is 0 Å². The van der Waals surface area contributed by atoms with Gasteiger partial charge in [0.05, 0.1) is 32.9 Å². The Hall–Kier alpha value is -4.33. The van der Waals surface area contributed by atoms with Crippen molar-refractivity contribution < 1.29 is 19.0 Å². The predicted octanol–water partition coefficient (Wildman–Crippen LogP) is 4.22. The number of H-pyrrole nitrogens is 1. The van der Waals surface area contributed by atoms with E-state index in [1.807, 2.05) is 49.4 Å². The van der Waals surface area contributed by atoms with Crippen LogP contribution in [0.4, 0.5) is 0 Å². The third kappa shape index (κ3) is 5.66. The van der Waals surface area contributed by atoms with Crippen molar-refractivity contribution in [1.82, 2.24) is 14.9 Å². The lowest BCUT2D eigenvalue weighted by Gasteiger charge is -2.23. The molecule has 0 aliphatic carbocycles. The summed E-state index contributed by atoms with van der Waals surface area (Å²) in [7, 11) is 3.17. The number of nitrogens with zero attached hydrogens (tertiary/aromatic N) is 2. The van der Waals surface area contributed by atoms with E-state index in [1.165, 1.54) is 6.20 Å². The summed E-state index contributed by atoms with van der Waals surface area (Å²) in [4.78, 5) is 35.0. The minimum absolute atomic E-state index is 0.144. The lowest BCUT2D eigenvalue weighted by atomic mass is 10.1. The second-order valence-corrected chi connectivity index (χ2v) is 8.21. The molecule has 0 saturated carbocycles. The highest BCUT2D eigenvalue weighted by Gasteiger charge is 2.19. The van der Waals surface area contributed by atoms with Crippen LogP contribution in [-0.2, 0) is 13.0 Å². The number of hydrogen-bond acceptors (Lipinski definition) is 6. The number of fused-ring (bicyclic) bond motifs is 1. The summed E-state index contributed by atoms with van der Waals surface area (Å²) in [6.45, 7) is 3.00. The highest BCUT2D eigenvalue weighted by atomic mass is 16.5. The first-order chi connectivity index (χ1) is 17.5. The number of rotatable bonds is 10. The molecule has 0 aliphatic rings. The molecule has 0 unspecified atom stereocenters. The van der Waals surface area contributed by atoms with E-state index in [2.05, 4.69) is 9.97 Å². The van der Waals surface area contributed by atoms with E-state index < -0.39 is 0 Å². The smallest absolute Gasteiger partial charge is 0.255 e. The van der Waals surface area contributed by atoms with Gasteiger partial charge in [0.2, 0.25) is 0 Å². The van der Waals surface area contributed by atoms with E-state index in [0.29, 0.717) is 47.7 Å². The molecule has 0 atom stereocenters. The number of ether oxygens (including phenoxy) is 3. The van der Waals surface area contributed by atoms with E-state index in [0.717, 1.165) is 16.7 Å². The van der Waals surface area contributed by atoms with Crippen LogP contribution in [-0.4, -0.2) is 48.1 Å². The summed E-state index contributed by atoms with van der Waals surface area (Å²) in [5.74, 6) is 1.78. The molecule has 4 aromatic rings. The molecular weight excluding hydrogens is 458 g/mol. The van der Waals surface area contributed by atoms with Crippen LogP contribution in [0.2, 0.25) is 0 Å². The van der Waals surface area contributed by atoms with Gasteiger partial charge in [-0.3, -0.25) is 14.6 Å². The molecule has 1 amide bonds. The first kappa shape index (κ1) is 24.8. The van der Waals surface area contributed by atoms with Gasteiger partial charge in [-0.1, -0.05) is 6.07 Å². The minimum Gasteiger partial charge on any atom is -0.494 e. The molecule has 8 nitrogen and oxygen atoms in total. The maximum absolute atomic E-state index is 13.4. The molecule has 4 rings (SSSR count). The zero-order valence-corrected chi connectivity index (χ0v) is 20.6. The molecule has 0 spiro atoms. The summed E-state index contributed by atoms with van der Waals surface area (Å²) in [5.41, 5.74) is 2.40. The molecule has 0 fully saturated rings. The van der Waals surface area contributed by atoms with Crippen molar-refractivity contribution >= 4 is 16.8 Å². The summed E-state index contributed by atoms with van der Waals surface area (Å²) in [6.07, 6.45) is 3.71. The number of nitrogens with one attached hydrogen (secondary N) is 1. The molecule has 0 saturated heterocycles. The van der Waals surface area contributed by atoms with E-state index in [-0.39, 0.29) is 18.0 Å². The molecule has 0 bridgehead atoms. The quantitative estimate of drug-likeness (QED) is 0.360. The Morgan fingerprint density at radius 1 is 1.03 bits per heavy atom. The number of pyridine rings is 2. The average molecular weight is 488 g/mol. The number of carbonyl (C=O) groups is 1. The van der Waals surface area contributed by atoms with Gasteiger partial charge in [0, 0.05) is 35.4 Å². The molecule has 8 heteroatoms. The molecule has 2 heterocycles. The van der Waals surface area contributed by atoms with E-state index >= 15 is 0 Å². The Labute approximate surface area is 209 Å². The van der Waals surface area contributed by atoms with Crippen LogP contribution in [0.1, 0.15) is 28.4 Å². The van der Waals surface area contributed by atoms with Crippen molar-refractivity contribution in [2.45, 2.75) is 19.9 Å². The van der Waals surface area contributed by atoms with Crippen LogP contribution in [0, 0.1) is 0 Å². The van der Waals surface area contributed by atoms with Crippen LogP contribution in [0.15, 0.2) is 71.8 Å². The molecule has 0 aliphatic heterocycles. The number of aromatic amines is 1. The molecule has 186 valence electrons. The SMILES string of the molecule is CCOc1ccc2[nH]c(=O)c(CN(CCc3ccc(OC)c(OC)c3)C(=O)c3cccnc3)cc2c1. The third-order valence-corrected chi connectivity index (χ3v) is 5.88. The molecule has 2 aromatic heterocycles. The zero-order chi connectivity index (χ0) is 25.5. The molecular formula is C28H29N3O5. The Morgan fingerprint density at radius 2 is 1.86 bits per heavy atom. The molecule has 1 N–H and O–H groups in total. The van der Waals surface area contributed by atoms with E-state index in [9.17, 15) is 9.59 Å². The van der Waals surface area contributed by atoms with E-state index in [1.54, 1.807) is 37.4 Å². The zero-order valence-electron chi connectivity index (χ0n) is 20.6. The Kier molecular flexibility index (Phi) is 7.85. The van der Waals surface area contributed by atoms with Crippen molar-refractivity contribution in [3.05, 3.63) is 94.0 Å². The van der Waals surface area contributed by atoms with Gasteiger partial charge < -0.3 is 24.1 Å². The summed E-state index contributed by atoms with van der Waals surface area (Å²) < 4.78 is 16.3. The van der Waals surface area contributed by atoms with Crippen molar-refractivity contribution in [3.8, 4) is 17.2 Å². The van der Waals surface area contributed by atoms with Gasteiger partial charge in [0.25, 0.3) is 11.5 Å². The first-order valence-corrected chi connectivity index (χ1v) is 11.7. The normalized spacial score (nSPS) is 10.8. The Balaban J connectivity index is 1.64. The average Bonchev–Trinajstić information content (AvgIpc) is 2.91. The monoisotopic (exact) mass is 487 g/mol. The van der Waals surface area contributed by atoms with Gasteiger partial charge in [0.1, 0.15) is 5.75 Å². The molecule has 2 aromatic carbocycles. The van der Waals surface area contributed by atoms with Gasteiger partial charge >= 0.3 is 0 Å². The van der Waals surface area contributed by atoms with E-state index in [4.69, 9.17) is 14.2 Å². The van der Waals surface area contributed by atoms with Crippen molar-refractivity contribution in [1.29, 1.82) is 0 Å². The highest BCUT2D eigenvalue weighted by Crippen LogP contribution is 2.28. The van der Waals surface area contributed by atoms with Crippen molar-refractivity contribution in [3.63, 3.8) is 0 Å². The summed E-state index contributed by atoms with van der Waals surface area (Å²) in [6, 6.07) is 16.5. The number of methoxy groups -OCH3 is 2. The number of aromatic nitrogens is 2. The van der Waals surface area contributed by atoms with Crippen LogP contribution in [0.3, 0.4) is 0 Å². The third-order valence-electron chi connectivity index (χ3n) is 5.88. The number of amides is 1. The molecule has 0 radical (unpaired) electrons. The fourth-order valence-corrected chi connectivity index (χ4v) is 4.03. The van der Waals surface area contributed by atoms with Gasteiger partial charge in [-0.2, -0.15) is 0 Å². The topological polar surface area (TPSA) is 93.8 Å². The number of carbonyl (C=O) groups excluding carboxylic acids is 1. The maximum atomic E-state index is 13.4. The van der Waals surface area contributed by atoms with Crippen LogP contribution >= 0.6 is 0 Å². The lowest BCUT2D eigenvalue weighted by Crippen LogP contribution is -2.34. The summed E-state index contributed by atoms with van der Waals surface area (Å²) in [5, 5.41) is 0.837. The van der Waals surface area contributed by atoms with Crippen LogP contribution in [0.5, 0.6) is 17.2 Å². The van der Waals surface area contributed by atoms with Crippen LogP contribution in [0.25, 0.3) is 10.9 Å². The minimum atomic E-state index is -0.234. The van der Waals surface area contributed by atoms with Crippen molar-refractivity contribution in [2.75, 3.05) is 27.4 Å². The predicted molar refractivity (Wildman–Crippen MR) is 138 cm³/mol. The van der Waals surface area contributed by atoms with Gasteiger partial charge in [0.15, 0.2) is 11.5 Å². The second-order valence-electron chi connectivity index (χ2n) is 8.21. The van der Waals surface area contributed by atoms with Gasteiger partial charge in [-0.25, -0.2) is 0 Å². The number of hydrogen-bond donors (Lipinski definition) is 1. The largest absolute Gasteiger partial charge is 0.494 e. The standard InChI is InChI=1S/C28H29N3O5/c1-4-36-23-8-9-24-21(16-23)15-22(27(32)30-24)18-31(28(33)20-6-5-12-29-17-20)13-11-19-7-10-25(34-2)26(14-19)35-3/h5-10,12,14-17H,4,11,13,18H2,1-3H3,(H,30,32). The van der Waals surface area contributed by atoms with Crippen LogP contribution < -0.4 is 19.8 Å². The Bertz CT molecular complexity index is 1400. The number of benzene rings is 2. The lowest BCUT2D eigenvalue weighted by molar-refractivity contribution is 0.0744. The highest BCUT2D eigenvalue weighted by molar-refractivity contribution is 5.94.